The molecule has 0 saturated carbocycles. The fraction of sp³-hybridized carbons (Fsp3) is 0.364. The Hall–Kier alpha value is -0.910. The minimum absolute atomic E-state index is 0. The minimum Gasteiger partial charge on any atom is -0.395 e. The van der Waals surface area contributed by atoms with Crippen molar-refractivity contribution in [3.63, 3.8) is 0 Å². The molecule has 0 amide bonds. The Morgan fingerprint density at radius 2 is 1.31 bits per heavy atom. The Balaban J connectivity index is -0.000000369. The first-order valence-electron chi connectivity index (χ1n) is 9.68. The van der Waals surface area contributed by atoms with E-state index in [-0.39, 0.29) is 53.5 Å². The van der Waals surface area contributed by atoms with Gasteiger partial charge in [-0.05, 0) is 6.92 Å². The maximum absolute atomic E-state index is 10.5. The van der Waals surface area contributed by atoms with Crippen molar-refractivity contribution in [2.45, 2.75) is 13.8 Å². The summed E-state index contributed by atoms with van der Waals surface area (Å²) in [6.45, 7) is 4.19. The van der Waals surface area contributed by atoms with Crippen LogP contribution in [-0.2, 0) is 64.9 Å². The largest absolute Gasteiger partial charge is 2.00 e. The van der Waals surface area contributed by atoms with E-state index in [0.717, 1.165) is 6.92 Å². The van der Waals surface area contributed by atoms with E-state index in [0.29, 0.717) is 19.6 Å². The standard InChI is InChI=1S/C6H15NO3.2C6H5.2C2H4O2.2Hg/c8-4-1-7(2-5-9)3-6-10;2*1-2-4-6-5-3-1;2*1-2(3)4;;/h8-10H,1-6H2;2*1-5H;2*1H3,(H,3,4);;/q;;-1;;;+1;+2/p-2. The van der Waals surface area contributed by atoms with E-state index in [1.807, 2.05) is 60.7 Å². The summed E-state index contributed by atoms with van der Waals surface area (Å²) in [5.41, 5.74) is 0. The number of carbonyl (C=O) groups is 2. The van der Waals surface area contributed by atoms with Crippen LogP contribution >= 0.6 is 0 Å². The van der Waals surface area contributed by atoms with Gasteiger partial charge in [0, 0.05) is 25.6 Å². The Bertz CT molecular complexity index is 604. The second-order valence-electron chi connectivity index (χ2n) is 5.85. The average Bonchev–Trinajstić information content (AvgIpc) is 2.75. The van der Waals surface area contributed by atoms with Gasteiger partial charge in [0.05, 0.1) is 19.8 Å². The predicted octanol–water partition coefficient (Wildman–Crippen LogP) is -0.622. The molecular formula is C22H31Hg2NO7. The van der Waals surface area contributed by atoms with Gasteiger partial charge in [0.15, 0.2) is 0 Å². The zero-order valence-corrected chi connectivity index (χ0v) is 29.8. The first-order valence-corrected chi connectivity index (χ1v) is 14.7. The summed E-state index contributed by atoms with van der Waals surface area (Å²) in [5.74, 6) is -1.23. The number of hydrogen-bond acceptors (Lipinski definition) is 8. The van der Waals surface area contributed by atoms with Crippen LogP contribution in [0.5, 0.6) is 0 Å². The van der Waals surface area contributed by atoms with Crippen molar-refractivity contribution in [2.24, 2.45) is 0 Å². The Morgan fingerprint density at radius 3 is 1.59 bits per heavy atom. The summed E-state index contributed by atoms with van der Waals surface area (Å²) in [6, 6.07) is 22.4. The van der Waals surface area contributed by atoms with Crippen molar-refractivity contribution in [3.8, 4) is 0 Å². The summed E-state index contributed by atoms with van der Waals surface area (Å²) in [5, 5.41) is 34.3. The molecule has 2 rings (SSSR count). The first kappa shape index (κ1) is 35.7. The molecule has 0 bridgehead atoms. The van der Waals surface area contributed by atoms with E-state index in [2.05, 4.69) is 6.07 Å². The van der Waals surface area contributed by atoms with Crippen molar-refractivity contribution >= 4 is 15.0 Å². The molecule has 3 N–H and O–H groups in total. The van der Waals surface area contributed by atoms with Crippen LogP contribution in [0.4, 0.5) is 0 Å². The van der Waals surface area contributed by atoms with Crippen LogP contribution in [0.25, 0.3) is 0 Å². The van der Waals surface area contributed by atoms with Crippen LogP contribution in [0.3, 0.4) is 0 Å². The second-order valence-corrected chi connectivity index (χ2v) is 11.3. The maximum Gasteiger partial charge on any atom is 2.00 e. The molecule has 0 saturated heterocycles. The molecule has 2 aromatic rings. The van der Waals surface area contributed by atoms with Gasteiger partial charge in [-0.25, -0.2) is 0 Å². The van der Waals surface area contributed by atoms with Crippen molar-refractivity contribution < 1.29 is 85.4 Å². The minimum atomic E-state index is -1.52. The van der Waals surface area contributed by atoms with Gasteiger partial charge in [0.25, 0.3) is 0 Å². The molecule has 0 aliphatic heterocycles. The molecule has 0 aliphatic carbocycles. The molecular weight excluding hydrogens is 791 g/mol. The number of aliphatic hydroxyl groups excluding tert-OH is 3. The quantitative estimate of drug-likeness (QED) is 0.238. The topological polar surface area (TPSA) is 130 Å². The molecule has 0 atom stereocenters. The van der Waals surface area contributed by atoms with E-state index in [1.165, 1.54) is 10.00 Å². The number of nitrogens with zero attached hydrogens (tertiary/aromatic N) is 1. The zero-order valence-electron chi connectivity index (χ0n) is 18.9. The summed E-state index contributed by atoms with van der Waals surface area (Å²) >= 11 is -1.52. The van der Waals surface area contributed by atoms with Gasteiger partial charge in [-0.2, -0.15) is 36.4 Å². The third-order valence-corrected chi connectivity index (χ3v) is 8.41. The molecule has 2 aromatic carbocycles. The van der Waals surface area contributed by atoms with Crippen molar-refractivity contribution in [1.29, 1.82) is 0 Å². The summed E-state index contributed by atoms with van der Waals surface area (Å²) in [6.07, 6.45) is 0. The predicted molar refractivity (Wildman–Crippen MR) is 111 cm³/mol. The van der Waals surface area contributed by atoms with Crippen molar-refractivity contribution in [1.82, 2.24) is 4.90 Å². The maximum atomic E-state index is 10.5. The van der Waals surface area contributed by atoms with Crippen LogP contribution < -0.4 is 8.18 Å². The molecule has 0 spiro atoms. The third kappa shape index (κ3) is 31.3. The van der Waals surface area contributed by atoms with Gasteiger partial charge >= 0.3 is 106 Å². The number of aliphatic carboxylic acids is 1. The Kier molecular flexibility index (Phi) is 31.4. The van der Waals surface area contributed by atoms with Gasteiger partial charge in [-0.3, -0.25) is 4.90 Å². The fourth-order valence-electron chi connectivity index (χ4n) is 1.86. The molecule has 0 aliphatic rings. The van der Waals surface area contributed by atoms with E-state index in [9.17, 15) is 4.79 Å². The molecule has 0 fully saturated rings. The van der Waals surface area contributed by atoms with Crippen molar-refractivity contribution in [2.75, 3.05) is 39.5 Å². The Labute approximate surface area is 223 Å². The van der Waals surface area contributed by atoms with Crippen LogP contribution in [0, 0.1) is 6.07 Å². The summed E-state index contributed by atoms with van der Waals surface area (Å²) < 4.78 is 6.25. The number of rotatable bonds is 8. The molecule has 32 heavy (non-hydrogen) atoms. The fourth-order valence-corrected chi connectivity index (χ4v) is 5.11. The SMILES string of the molecule is CC(=O)[O-].CC(=O)[O][Hg][c]1ccccc1.OCCN(CCO)CCO.[Hg+2].[c-]1ccccc1. The molecule has 0 unspecified atom stereocenters. The number of carbonyl (C=O) groups excluding carboxylic acids is 2. The zero-order chi connectivity index (χ0) is 23.7. The molecule has 0 radical (unpaired) electrons. The van der Waals surface area contributed by atoms with Gasteiger partial charge < -0.3 is 25.2 Å². The molecule has 0 heterocycles. The first-order chi connectivity index (χ1) is 14.9. The van der Waals surface area contributed by atoms with Crippen LogP contribution in [0.1, 0.15) is 13.8 Å². The van der Waals surface area contributed by atoms with E-state index >= 15 is 0 Å². The van der Waals surface area contributed by atoms with E-state index < -0.39 is 31.0 Å². The van der Waals surface area contributed by atoms with Gasteiger partial charge in [0.1, 0.15) is 0 Å². The smallest absolute Gasteiger partial charge is 0.395 e. The molecule has 170 valence electrons. The number of benzene rings is 2. The number of carboxylic acid groups (broad SMARTS) is 1. The van der Waals surface area contributed by atoms with E-state index in [1.54, 1.807) is 4.90 Å². The monoisotopic (exact) mass is 825 g/mol. The van der Waals surface area contributed by atoms with Crippen LogP contribution in [-0.4, -0.2) is 71.6 Å². The summed E-state index contributed by atoms with van der Waals surface area (Å²) in [4.78, 5) is 21.1. The average molecular weight is 823 g/mol. The summed E-state index contributed by atoms with van der Waals surface area (Å²) in [7, 11) is 0. The molecule has 0 aromatic heterocycles. The second kappa shape index (κ2) is 28.1. The number of hydrogen-bond donors (Lipinski definition) is 3. The number of aliphatic hydroxyl groups is 3. The van der Waals surface area contributed by atoms with Gasteiger partial charge in [0.2, 0.25) is 0 Å². The molecule has 10 heteroatoms. The number of carboxylic acids is 1. The van der Waals surface area contributed by atoms with Crippen LogP contribution in [0.15, 0.2) is 60.7 Å². The van der Waals surface area contributed by atoms with Gasteiger partial charge in [-0.1, -0.05) is 0 Å². The van der Waals surface area contributed by atoms with Crippen molar-refractivity contribution in [3.05, 3.63) is 66.7 Å². The van der Waals surface area contributed by atoms with Gasteiger partial charge in [-0.15, -0.1) is 0 Å². The third-order valence-electron chi connectivity index (χ3n) is 3.14. The molecule has 8 nitrogen and oxygen atoms in total. The normalized spacial score (nSPS) is 8.56. The van der Waals surface area contributed by atoms with E-state index in [4.69, 9.17) is 27.9 Å². The Morgan fingerprint density at radius 1 is 0.906 bits per heavy atom. The van der Waals surface area contributed by atoms with Crippen LogP contribution in [0.2, 0.25) is 0 Å².